The van der Waals surface area contributed by atoms with Gasteiger partial charge in [0.2, 0.25) is 11.5 Å². The molecule has 30 heavy (non-hydrogen) atoms. The molecule has 0 fully saturated rings. The lowest BCUT2D eigenvalue weighted by molar-refractivity contribution is -0.237. The van der Waals surface area contributed by atoms with Gasteiger partial charge in [-0.3, -0.25) is 0 Å². The minimum atomic E-state index is -1.16. The van der Waals surface area contributed by atoms with Crippen molar-refractivity contribution in [2.45, 2.75) is 24.9 Å². The Morgan fingerprint density at radius 1 is 1.00 bits per heavy atom. The molecule has 0 aromatic heterocycles. The zero-order valence-corrected chi connectivity index (χ0v) is 17.0. The molecule has 0 spiro atoms. The number of hydrogen-bond donors (Lipinski definition) is 0. The second kappa shape index (κ2) is 8.69. The van der Waals surface area contributed by atoms with Crippen LogP contribution in [0.5, 0.6) is 0 Å². The lowest BCUT2D eigenvalue weighted by Gasteiger charge is -2.39. The highest BCUT2D eigenvalue weighted by atomic mass is 16.7. The van der Waals surface area contributed by atoms with Crippen LogP contribution in [-0.2, 0) is 36.1 Å². The van der Waals surface area contributed by atoms with Crippen molar-refractivity contribution in [3.05, 3.63) is 95.8 Å². The minimum Gasteiger partial charge on any atom is -0.463 e. The van der Waals surface area contributed by atoms with Gasteiger partial charge in [0.15, 0.2) is 0 Å². The van der Waals surface area contributed by atoms with Crippen LogP contribution in [-0.4, -0.2) is 26.3 Å². The van der Waals surface area contributed by atoms with E-state index in [-0.39, 0.29) is 11.9 Å². The van der Waals surface area contributed by atoms with Gasteiger partial charge in [0, 0.05) is 19.1 Å². The fourth-order valence-electron chi connectivity index (χ4n) is 3.69. The lowest BCUT2D eigenvalue weighted by Crippen LogP contribution is -2.41. The van der Waals surface area contributed by atoms with Gasteiger partial charge >= 0.3 is 5.97 Å². The Morgan fingerprint density at radius 3 is 2.47 bits per heavy atom. The van der Waals surface area contributed by atoms with Crippen molar-refractivity contribution in [2.75, 3.05) is 14.2 Å². The first-order chi connectivity index (χ1) is 14.6. The van der Waals surface area contributed by atoms with Crippen LogP contribution in [0, 0.1) is 0 Å². The van der Waals surface area contributed by atoms with Gasteiger partial charge in [0.05, 0.1) is 19.8 Å². The largest absolute Gasteiger partial charge is 0.463 e. The van der Waals surface area contributed by atoms with E-state index in [0.29, 0.717) is 13.0 Å². The fourth-order valence-corrected chi connectivity index (χ4v) is 3.69. The number of fused-ring (bicyclic) bond motifs is 1. The Labute approximate surface area is 175 Å². The molecule has 3 aromatic rings. The summed E-state index contributed by atoms with van der Waals surface area (Å²) in [5.74, 6) is -1.65. The molecule has 1 aliphatic heterocycles. The van der Waals surface area contributed by atoms with Crippen LogP contribution in [0.25, 0.3) is 10.8 Å². The molecular formula is C25H24O5. The van der Waals surface area contributed by atoms with E-state index in [1.54, 1.807) is 13.2 Å². The molecule has 2 atom stereocenters. The van der Waals surface area contributed by atoms with Crippen LogP contribution in [0.3, 0.4) is 0 Å². The second-order valence-electron chi connectivity index (χ2n) is 7.18. The Hall–Kier alpha value is -3.15. The molecule has 0 N–H and O–H groups in total. The van der Waals surface area contributed by atoms with Crippen molar-refractivity contribution in [2.24, 2.45) is 0 Å². The first-order valence-electron chi connectivity index (χ1n) is 9.82. The van der Waals surface area contributed by atoms with E-state index in [9.17, 15) is 4.79 Å². The molecule has 154 valence electrons. The number of rotatable bonds is 6. The van der Waals surface area contributed by atoms with Gasteiger partial charge in [0.25, 0.3) is 0 Å². The van der Waals surface area contributed by atoms with Crippen LogP contribution in [0.1, 0.15) is 17.5 Å². The average Bonchev–Trinajstić information content (AvgIpc) is 2.82. The molecule has 1 aliphatic rings. The van der Waals surface area contributed by atoms with Crippen LogP contribution in [0.15, 0.2) is 84.6 Å². The van der Waals surface area contributed by atoms with Gasteiger partial charge in [-0.1, -0.05) is 66.7 Å². The number of benzene rings is 3. The SMILES string of the molecule is COC(=O)C1=C[C@H](OCc2ccccc2)C[C@](OC)(c2ccc3ccccc3c2)O1. The maximum atomic E-state index is 12.3. The normalized spacial score (nSPS) is 21.0. The summed E-state index contributed by atoms with van der Waals surface area (Å²) in [5.41, 5.74) is 1.86. The molecule has 0 amide bonds. The van der Waals surface area contributed by atoms with Crippen molar-refractivity contribution in [3.63, 3.8) is 0 Å². The molecule has 1 heterocycles. The number of carbonyl (C=O) groups is 1. The Bertz CT molecular complexity index is 1060. The standard InChI is InChI=1S/C25H24O5/c1-27-24(26)23-15-22(29-17-18-8-4-3-5-9-18)16-25(28-2,30-23)21-13-12-19-10-6-7-11-20(19)14-21/h3-15,22H,16-17H2,1-2H3/t22-,25+/m0/s1. The third-order valence-electron chi connectivity index (χ3n) is 5.29. The van der Waals surface area contributed by atoms with E-state index in [4.69, 9.17) is 18.9 Å². The molecule has 0 saturated carbocycles. The number of carbonyl (C=O) groups excluding carboxylic acids is 1. The number of methoxy groups -OCH3 is 2. The summed E-state index contributed by atoms with van der Waals surface area (Å²) in [6.07, 6.45) is 1.67. The van der Waals surface area contributed by atoms with E-state index in [0.717, 1.165) is 21.9 Å². The topological polar surface area (TPSA) is 54.0 Å². The van der Waals surface area contributed by atoms with Gasteiger partial charge in [-0.2, -0.15) is 0 Å². The Kier molecular flexibility index (Phi) is 5.84. The quantitative estimate of drug-likeness (QED) is 0.558. The number of ether oxygens (including phenoxy) is 4. The summed E-state index contributed by atoms with van der Waals surface area (Å²) in [6.45, 7) is 0.411. The van der Waals surface area contributed by atoms with Gasteiger partial charge in [-0.05, 0) is 28.5 Å². The van der Waals surface area contributed by atoms with Gasteiger partial charge in [0.1, 0.15) is 0 Å². The molecule has 0 saturated heterocycles. The highest BCUT2D eigenvalue weighted by Crippen LogP contribution is 2.40. The summed E-state index contributed by atoms with van der Waals surface area (Å²) >= 11 is 0. The van der Waals surface area contributed by atoms with Gasteiger partial charge in [-0.25, -0.2) is 4.79 Å². The molecule has 0 bridgehead atoms. The Morgan fingerprint density at radius 2 is 1.73 bits per heavy atom. The monoisotopic (exact) mass is 404 g/mol. The summed E-state index contributed by atoms with van der Waals surface area (Å²) in [4.78, 5) is 12.3. The third-order valence-corrected chi connectivity index (χ3v) is 5.29. The minimum absolute atomic E-state index is 0.0804. The van der Waals surface area contributed by atoms with E-state index in [2.05, 4.69) is 0 Å². The van der Waals surface area contributed by atoms with Crippen molar-refractivity contribution in [1.29, 1.82) is 0 Å². The van der Waals surface area contributed by atoms with Crippen LogP contribution < -0.4 is 0 Å². The third kappa shape index (κ3) is 4.08. The number of esters is 1. The average molecular weight is 404 g/mol. The second-order valence-corrected chi connectivity index (χ2v) is 7.18. The van der Waals surface area contributed by atoms with Crippen molar-refractivity contribution < 1.29 is 23.7 Å². The predicted molar refractivity (Wildman–Crippen MR) is 113 cm³/mol. The molecular weight excluding hydrogens is 380 g/mol. The van der Waals surface area contributed by atoms with Crippen molar-refractivity contribution in [1.82, 2.24) is 0 Å². The van der Waals surface area contributed by atoms with Gasteiger partial charge < -0.3 is 18.9 Å². The highest BCUT2D eigenvalue weighted by molar-refractivity contribution is 5.86. The predicted octanol–water partition coefficient (Wildman–Crippen LogP) is 4.70. The zero-order valence-electron chi connectivity index (χ0n) is 17.0. The molecule has 5 nitrogen and oxygen atoms in total. The van der Waals surface area contributed by atoms with Gasteiger partial charge in [-0.15, -0.1) is 0 Å². The maximum absolute atomic E-state index is 12.3. The van der Waals surface area contributed by atoms with E-state index in [1.807, 2.05) is 72.8 Å². The summed E-state index contributed by atoms with van der Waals surface area (Å²) in [6, 6.07) is 23.9. The van der Waals surface area contributed by atoms with Crippen LogP contribution in [0.2, 0.25) is 0 Å². The first kappa shape index (κ1) is 20.1. The summed E-state index contributed by atoms with van der Waals surface area (Å²) in [7, 11) is 2.90. The lowest BCUT2D eigenvalue weighted by atomic mass is 9.94. The first-order valence-corrected chi connectivity index (χ1v) is 9.82. The van der Waals surface area contributed by atoms with Crippen molar-refractivity contribution in [3.8, 4) is 0 Å². The van der Waals surface area contributed by atoms with E-state index < -0.39 is 11.8 Å². The maximum Gasteiger partial charge on any atom is 0.373 e. The summed E-state index contributed by atoms with van der Waals surface area (Å²) in [5, 5.41) is 2.18. The molecule has 3 aromatic carbocycles. The van der Waals surface area contributed by atoms with Crippen molar-refractivity contribution >= 4 is 16.7 Å². The fraction of sp³-hybridized carbons (Fsp3) is 0.240. The summed E-state index contributed by atoms with van der Waals surface area (Å²) < 4.78 is 23.0. The smallest absolute Gasteiger partial charge is 0.373 e. The van der Waals surface area contributed by atoms with Crippen LogP contribution in [0.4, 0.5) is 0 Å². The molecule has 4 rings (SSSR count). The van der Waals surface area contributed by atoms with Crippen LogP contribution >= 0.6 is 0 Å². The molecule has 5 heteroatoms. The highest BCUT2D eigenvalue weighted by Gasteiger charge is 2.43. The van der Waals surface area contributed by atoms with E-state index >= 15 is 0 Å². The zero-order chi connectivity index (χ0) is 21.0. The number of hydrogen-bond acceptors (Lipinski definition) is 5. The Balaban J connectivity index is 1.67. The molecule has 0 aliphatic carbocycles. The molecule has 0 radical (unpaired) electrons. The molecule has 0 unspecified atom stereocenters. The van der Waals surface area contributed by atoms with E-state index in [1.165, 1.54) is 7.11 Å².